The molecule has 0 radical (unpaired) electrons. The molecule has 1 heterocycles. The summed E-state index contributed by atoms with van der Waals surface area (Å²) in [5.41, 5.74) is 0. The minimum absolute atomic E-state index is 0.104. The van der Waals surface area contributed by atoms with Gasteiger partial charge in [0.2, 0.25) is 0 Å². The Morgan fingerprint density at radius 3 is 2.58 bits per heavy atom. The first-order chi connectivity index (χ1) is 5.70. The van der Waals surface area contributed by atoms with E-state index in [-0.39, 0.29) is 6.61 Å². The van der Waals surface area contributed by atoms with Crippen LogP contribution in [-0.2, 0) is 14.3 Å². The Labute approximate surface area is 69.8 Å². The van der Waals surface area contributed by atoms with Gasteiger partial charge in [-0.15, -0.1) is 0 Å². The zero-order valence-electron chi connectivity index (χ0n) is 6.71. The van der Waals surface area contributed by atoms with Crippen LogP contribution < -0.4 is 5.90 Å². The molecule has 4 unspecified atom stereocenters. The van der Waals surface area contributed by atoms with Crippen molar-refractivity contribution in [1.29, 1.82) is 0 Å². The second kappa shape index (κ2) is 4.13. The second-order valence-corrected chi connectivity index (χ2v) is 2.59. The third kappa shape index (κ3) is 1.74. The van der Waals surface area contributed by atoms with E-state index in [2.05, 4.69) is 4.84 Å². The topological polar surface area (TPSA) is 94.2 Å². The molecular weight excluding hydrogens is 166 g/mol. The van der Waals surface area contributed by atoms with E-state index in [1.165, 1.54) is 7.11 Å². The van der Waals surface area contributed by atoms with Gasteiger partial charge in [0.25, 0.3) is 0 Å². The standard InChI is InChI=1S/C6H13NO5/c1-10-6-5(9)4(8)3(12-7)2-11-6/h3-6,8-9H,2,7H2,1H3. The average molecular weight is 179 g/mol. The summed E-state index contributed by atoms with van der Waals surface area (Å²) in [6.07, 6.45) is -3.72. The molecule has 0 amide bonds. The third-order valence-corrected chi connectivity index (χ3v) is 1.84. The smallest absolute Gasteiger partial charge is 0.185 e. The highest BCUT2D eigenvalue weighted by Crippen LogP contribution is 2.16. The fraction of sp³-hybridized carbons (Fsp3) is 1.00. The van der Waals surface area contributed by atoms with Gasteiger partial charge in [-0.2, -0.15) is 0 Å². The highest BCUT2D eigenvalue weighted by atomic mass is 16.7. The SMILES string of the molecule is COC1OCC(ON)C(O)C1O. The van der Waals surface area contributed by atoms with Gasteiger partial charge >= 0.3 is 0 Å². The number of methoxy groups -OCH3 is 1. The van der Waals surface area contributed by atoms with Crippen LogP contribution in [0.5, 0.6) is 0 Å². The maximum Gasteiger partial charge on any atom is 0.185 e. The summed E-state index contributed by atoms with van der Waals surface area (Å²) in [5, 5.41) is 18.6. The number of hydrogen-bond donors (Lipinski definition) is 3. The molecule has 1 aliphatic rings. The Kier molecular flexibility index (Phi) is 3.39. The molecule has 1 saturated heterocycles. The van der Waals surface area contributed by atoms with Crippen LogP contribution in [0.3, 0.4) is 0 Å². The molecule has 1 rings (SSSR count). The maximum atomic E-state index is 9.32. The maximum absolute atomic E-state index is 9.32. The third-order valence-electron chi connectivity index (χ3n) is 1.84. The zero-order valence-corrected chi connectivity index (χ0v) is 6.71. The van der Waals surface area contributed by atoms with Crippen LogP contribution in [-0.4, -0.2) is 48.5 Å². The van der Waals surface area contributed by atoms with E-state index < -0.39 is 24.6 Å². The number of nitrogens with two attached hydrogens (primary N) is 1. The fourth-order valence-corrected chi connectivity index (χ4v) is 1.10. The Morgan fingerprint density at radius 1 is 1.42 bits per heavy atom. The molecule has 0 spiro atoms. The Balaban J connectivity index is 2.52. The van der Waals surface area contributed by atoms with Crippen LogP contribution in [0, 0.1) is 0 Å². The molecule has 0 aromatic carbocycles. The van der Waals surface area contributed by atoms with Crippen molar-refractivity contribution in [2.45, 2.75) is 24.6 Å². The first kappa shape index (κ1) is 9.85. The molecule has 4 atom stereocenters. The Bertz CT molecular complexity index is 128. The number of rotatable bonds is 2. The normalized spacial score (nSPS) is 43.0. The van der Waals surface area contributed by atoms with Crippen LogP contribution >= 0.6 is 0 Å². The molecule has 0 aromatic heterocycles. The van der Waals surface area contributed by atoms with Gasteiger partial charge in [0.05, 0.1) is 6.61 Å². The lowest BCUT2D eigenvalue weighted by Crippen LogP contribution is -2.55. The van der Waals surface area contributed by atoms with Crippen molar-refractivity contribution in [2.75, 3.05) is 13.7 Å². The van der Waals surface area contributed by atoms with E-state index in [0.717, 1.165) is 0 Å². The highest BCUT2D eigenvalue weighted by Gasteiger charge is 2.39. The van der Waals surface area contributed by atoms with Gasteiger partial charge in [-0.1, -0.05) is 0 Å². The van der Waals surface area contributed by atoms with Crippen molar-refractivity contribution >= 4 is 0 Å². The summed E-state index contributed by atoms with van der Waals surface area (Å²) < 4.78 is 9.71. The highest BCUT2D eigenvalue weighted by molar-refractivity contribution is 4.82. The van der Waals surface area contributed by atoms with Crippen molar-refractivity contribution in [3.63, 3.8) is 0 Å². The number of ether oxygens (including phenoxy) is 2. The zero-order chi connectivity index (χ0) is 9.14. The molecule has 0 bridgehead atoms. The van der Waals surface area contributed by atoms with Crippen molar-refractivity contribution in [1.82, 2.24) is 0 Å². The lowest BCUT2D eigenvalue weighted by Gasteiger charge is -2.35. The quantitative estimate of drug-likeness (QED) is 0.423. The minimum atomic E-state index is -1.13. The van der Waals surface area contributed by atoms with E-state index in [1.54, 1.807) is 0 Å². The monoisotopic (exact) mass is 179 g/mol. The molecule has 72 valence electrons. The largest absolute Gasteiger partial charge is 0.387 e. The molecule has 4 N–H and O–H groups in total. The van der Waals surface area contributed by atoms with Crippen LogP contribution in [0.4, 0.5) is 0 Å². The molecule has 6 heteroatoms. The van der Waals surface area contributed by atoms with Gasteiger partial charge in [-0.3, -0.25) is 4.84 Å². The number of hydrogen-bond acceptors (Lipinski definition) is 6. The summed E-state index contributed by atoms with van der Waals surface area (Å²) in [6.45, 7) is 0.104. The van der Waals surface area contributed by atoms with E-state index >= 15 is 0 Å². The first-order valence-corrected chi connectivity index (χ1v) is 3.56. The van der Waals surface area contributed by atoms with Gasteiger partial charge in [-0.25, -0.2) is 5.90 Å². The van der Waals surface area contributed by atoms with Gasteiger partial charge < -0.3 is 19.7 Å². The Morgan fingerprint density at radius 2 is 2.08 bits per heavy atom. The second-order valence-electron chi connectivity index (χ2n) is 2.59. The van der Waals surface area contributed by atoms with E-state index in [4.69, 9.17) is 15.4 Å². The molecular formula is C6H13NO5. The van der Waals surface area contributed by atoms with Crippen LogP contribution in [0.2, 0.25) is 0 Å². The van der Waals surface area contributed by atoms with Gasteiger partial charge in [-0.05, 0) is 0 Å². The summed E-state index contributed by atoms with van der Waals surface area (Å²) >= 11 is 0. The Hall–Kier alpha value is -0.240. The summed E-state index contributed by atoms with van der Waals surface area (Å²) in [5.74, 6) is 4.85. The summed E-state index contributed by atoms with van der Waals surface area (Å²) in [7, 11) is 1.38. The van der Waals surface area contributed by atoms with Gasteiger partial charge in [0.15, 0.2) is 6.29 Å². The number of aliphatic hydroxyl groups is 2. The summed E-state index contributed by atoms with van der Waals surface area (Å²) in [4.78, 5) is 4.38. The molecule has 6 nitrogen and oxygen atoms in total. The van der Waals surface area contributed by atoms with Crippen LogP contribution in [0.15, 0.2) is 0 Å². The molecule has 0 aromatic rings. The lowest BCUT2D eigenvalue weighted by atomic mass is 10.1. The molecule has 0 aliphatic carbocycles. The van der Waals surface area contributed by atoms with Crippen LogP contribution in [0.1, 0.15) is 0 Å². The predicted molar refractivity (Wildman–Crippen MR) is 37.8 cm³/mol. The van der Waals surface area contributed by atoms with Gasteiger partial charge in [0, 0.05) is 7.11 Å². The lowest BCUT2D eigenvalue weighted by molar-refractivity contribution is -0.269. The number of aliphatic hydroxyl groups excluding tert-OH is 2. The average Bonchev–Trinajstić information content (AvgIpc) is 2.10. The molecule has 12 heavy (non-hydrogen) atoms. The van der Waals surface area contributed by atoms with E-state index in [1.807, 2.05) is 0 Å². The van der Waals surface area contributed by atoms with Crippen molar-refractivity contribution in [3.05, 3.63) is 0 Å². The van der Waals surface area contributed by atoms with Crippen molar-refractivity contribution in [2.24, 2.45) is 5.90 Å². The van der Waals surface area contributed by atoms with E-state index in [0.29, 0.717) is 0 Å². The molecule has 1 aliphatic heterocycles. The molecule has 1 fully saturated rings. The van der Waals surface area contributed by atoms with Crippen molar-refractivity contribution < 1.29 is 24.5 Å². The fourth-order valence-electron chi connectivity index (χ4n) is 1.10. The van der Waals surface area contributed by atoms with E-state index in [9.17, 15) is 10.2 Å². The summed E-state index contributed by atoms with van der Waals surface area (Å²) in [6, 6.07) is 0. The molecule has 0 saturated carbocycles. The van der Waals surface area contributed by atoms with Gasteiger partial charge in [0.1, 0.15) is 18.3 Å². The minimum Gasteiger partial charge on any atom is -0.387 e. The first-order valence-electron chi connectivity index (χ1n) is 3.56. The predicted octanol–water partition coefficient (Wildman–Crippen LogP) is -2.03. The van der Waals surface area contributed by atoms with Crippen LogP contribution in [0.25, 0.3) is 0 Å². The van der Waals surface area contributed by atoms with Crippen molar-refractivity contribution in [3.8, 4) is 0 Å².